The summed E-state index contributed by atoms with van der Waals surface area (Å²) in [5.74, 6) is 0.856. The van der Waals surface area contributed by atoms with Gasteiger partial charge in [0.05, 0.1) is 18.3 Å². The number of aromatic nitrogens is 3. The third-order valence-corrected chi connectivity index (χ3v) is 4.38. The number of carbonyl (C=O) groups is 1. The lowest BCUT2D eigenvalue weighted by molar-refractivity contribution is 0.102. The molecule has 0 atom stereocenters. The summed E-state index contributed by atoms with van der Waals surface area (Å²) in [6.07, 6.45) is 3.25. The van der Waals surface area contributed by atoms with Gasteiger partial charge in [-0.05, 0) is 35.9 Å². The van der Waals surface area contributed by atoms with Crippen LogP contribution >= 0.6 is 0 Å². The van der Waals surface area contributed by atoms with E-state index in [1.54, 1.807) is 25.6 Å². The van der Waals surface area contributed by atoms with Crippen LogP contribution in [0.3, 0.4) is 0 Å². The number of amides is 1. The van der Waals surface area contributed by atoms with Crippen molar-refractivity contribution in [1.82, 2.24) is 15.0 Å². The number of ether oxygens (including phenoxy) is 1. The molecule has 2 aromatic carbocycles. The van der Waals surface area contributed by atoms with Crippen molar-refractivity contribution in [2.24, 2.45) is 0 Å². The highest BCUT2D eigenvalue weighted by Crippen LogP contribution is 2.21. The summed E-state index contributed by atoms with van der Waals surface area (Å²) in [6, 6.07) is 18.7. The van der Waals surface area contributed by atoms with Gasteiger partial charge >= 0.3 is 0 Å². The van der Waals surface area contributed by atoms with E-state index < -0.39 is 0 Å². The van der Waals surface area contributed by atoms with Crippen LogP contribution in [0.25, 0.3) is 10.9 Å². The first kappa shape index (κ1) is 18.4. The van der Waals surface area contributed by atoms with Crippen LogP contribution in [0, 0.1) is 0 Å². The molecule has 0 saturated carbocycles. The van der Waals surface area contributed by atoms with Crippen LogP contribution in [0.5, 0.6) is 5.75 Å². The SMILES string of the molecule is COc1ccc(CNc2nccc(C(=O)Nc3cccc4cccnc34)n2)cc1. The minimum absolute atomic E-state index is 0.269. The molecule has 0 aliphatic carbocycles. The first-order chi connectivity index (χ1) is 14.2. The van der Waals surface area contributed by atoms with Gasteiger partial charge in [-0.15, -0.1) is 0 Å². The number of hydrogen-bond donors (Lipinski definition) is 2. The zero-order valence-electron chi connectivity index (χ0n) is 15.8. The van der Waals surface area contributed by atoms with E-state index in [0.717, 1.165) is 22.2 Å². The molecule has 7 heteroatoms. The quantitative estimate of drug-likeness (QED) is 0.523. The van der Waals surface area contributed by atoms with Crippen LogP contribution in [-0.2, 0) is 6.54 Å². The fraction of sp³-hybridized carbons (Fsp3) is 0.0909. The maximum atomic E-state index is 12.7. The molecule has 0 fully saturated rings. The second kappa shape index (κ2) is 8.35. The summed E-state index contributed by atoms with van der Waals surface area (Å²) in [6.45, 7) is 0.530. The van der Waals surface area contributed by atoms with Crippen LogP contribution in [0.15, 0.2) is 73.1 Å². The highest BCUT2D eigenvalue weighted by atomic mass is 16.5. The van der Waals surface area contributed by atoms with E-state index in [-0.39, 0.29) is 11.6 Å². The Balaban J connectivity index is 1.46. The number of fused-ring (bicyclic) bond motifs is 1. The molecule has 144 valence electrons. The van der Waals surface area contributed by atoms with Gasteiger partial charge < -0.3 is 15.4 Å². The molecule has 0 bridgehead atoms. The zero-order chi connectivity index (χ0) is 20.1. The van der Waals surface area contributed by atoms with Gasteiger partial charge in [0.25, 0.3) is 5.91 Å². The molecule has 1 amide bonds. The Morgan fingerprint density at radius 3 is 2.62 bits per heavy atom. The summed E-state index contributed by atoms with van der Waals surface area (Å²) in [4.78, 5) is 25.5. The molecule has 4 aromatic rings. The van der Waals surface area contributed by atoms with Crippen molar-refractivity contribution in [2.45, 2.75) is 6.54 Å². The molecule has 0 aliphatic heterocycles. The summed E-state index contributed by atoms with van der Waals surface area (Å²) in [5.41, 5.74) is 2.69. The number of nitrogens with one attached hydrogen (secondary N) is 2. The van der Waals surface area contributed by atoms with Crippen LogP contribution in [0.1, 0.15) is 16.1 Å². The number of anilines is 2. The Hall–Kier alpha value is -4.00. The Kier molecular flexibility index (Phi) is 5.29. The lowest BCUT2D eigenvalue weighted by atomic mass is 10.2. The number of pyridine rings is 1. The molecule has 2 N–H and O–H groups in total. The van der Waals surface area contributed by atoms with E-state index in [1.165, 1.54) is 0 Å². The van der Waals surface area contributed by atoms with E-state index in [0.29, 0.717) is 18.2 Å². The number of methoxy groups -OCH3 is 1. The van der Waals surface area contributed by atoms with Crippen molar-refractivity contribution in [3.8, 4) is 5.75 Å². The Morgan fingerprint density at radius 1 is 0.966 bits per heavy atom. The van der Waals surface area contributed by atoms with Crippen LogP contribution in [-0.4, -0.2) is 28.0 Å². The third-order valence-electron chi connectivity index (χ3n) is 4.38. The van der Waals surface area contributed by atoms with Gasteiger partial charge in [0.2, 0.25) is 5.95 Å². The van der Waals surface area contributed by atoms with Gasteiger partial charge in [0.15, 0.2) is 0 Å². The van der Waals surface area contributed by atoms with Crippen LogP contribution < -0.4 is 15.4 Å². The fourth-order valence-corrected chi connectivity index (χ4v) is 2.89. The second-order valence-corrected chi connectivity index (χ2v) is 6.30. The van der Waals surface area contributed by atoms with E-state index >= 15 is 0 Å². The predicted molar refractivity (Wildman–Crippen MR) is 112 cm³/mol. The number of carbonyl (C=O) groups excluding carboxylic acids is 1. The maximum absolute atomic E-state index is 12.7. The topological polar surface area (TPSA) is 89.0 Å². The monoisotopic (exact) mass is 385 g/mol. The number of hydrogen-bond acceptors (Lipinski definition) is 6. The number of para-hydroxylation sites is 1. The highest BCUT2D eigenvalue weighted by Gasteiger charge is 2.11. The van der Waals surface area contributed by atoms with Crippen LogP contribution in [0.2, 0.25) is 0 Å². The number of nitrogens with zero attached hydrogens (tertiary/aromatic N) is 3. The Labute approximate surface area is 167 Å². The average molecular weight is 385 g/mol. The van der Waals surface area contributed by atoms with Crippen molar-refractivity contribution in [1.29, 1.82) is 0 Å². The maximum Gasteiger partial charge on any atom is 0.274 e. The van der Waals surface area contributed by atoms with Gasteiger partial charge in [0.1, 0.15) is 11.4 Å². The van der Waals surface area contributed by atoms with Crippen molar-refractivity contribution in [2.75, 3.05) is 17.7 Å². The lowest BCUT2D eigenvalue weighted by Gasteiger charge is -2.09. The summed E-state index contributed by atoms with van der Waals surface area (Å²) < 4.78 is 5.16. The predicted octanol–water partition coefficient (Wildman–Crippen LogP) is 3.90. The van der Waals surface area contributed by atoms with E-state index in [1.807, 2.05) is 54.6 Å². The number of rotatable bonds is 6. The summed E-state index contributed by atoms with van der Waals surface area (Å²) in [5, 5.41) is 6.97. The number of benzene rings is 2. The van der Waals surface area contributed by atoms with Gasteiger partial charge in [-0.2, -0.15) is 0 Å². The minimum atomic E-state index is -0.321. The molecule has 7 nitrogen and oxygen atoms in total. The smallest absolute Gasteiger partial charge is 0.274 e. The molecular formula is C22H19N5O2. The van der Waals surface area contributed by atoms with Crippen molar-refractivity contribution < 1.29 is 9.53 Å². The largest absolute Gasteiger partial charge is 0.497 e. The molecule has 2 heterocycles. The van der Waals surface area contributed by atoms with Crippen molar-refractivity contribution in [3.05, 3.63) is 84.3 Å². The molecular weight excluding hydrogens is 366 g/mol. The Morgan fingerprint density at radius 2 is 1.79 bits per heavy atom. The van der Waals surface area contributed by atoms with E-state index in [9.17, 15) is 4.79 Å². The fourth-order valence-electron chi connectivity index (χ4n) is 2.89. The summed E-state index contributed by atoms with van der Waals surface area (Å²) in [7, 11) is 1.63. The lowest BCUT2D eigenvalue weighted by Crippen LogP contribution is -2.15. The standard InChI is InChI=1S/C22H19N5O2/c1-29-17-9-7-15(8-10-17)14-25-22-24-13-11-19(27-22)21(28)26-18-6-2-4-16-5-3-12-23-20(16)18/h2-13H,14H2,1H3,(H,26,28)(H,24,25,27). The molecule has 4 rings (SSSR count). The molecule has 29 heavy (non-hydrogen) atoms. The normalized spacial score (nSPS) is 10.5. The Bertz CT molecular complexity index is 1140. The summed E-state index contributed by atoms with van der Waals surface area (Å²) >= 11 is 0. The third kappa shape index (κ3) is 4.30. The molecule has 0 saturated heterocycles. The highest BCUT2D eigenvalue weighted by molar-refractivity contribution is 6.07. The first-order valence-electron chi connectivity index (χ1n) is 9.08. The van der Waals surface area contributed by atoms with Crippen molar-refractivity contribution >= 4 is 28.4 Å². The minimum Gasteiger partial charge on any atom is -0.497 e. The second-order valence-electron chi connectivity index (χ2n) is 6.30. The molecule has 0 unspecified atom stereocenters. The van der Waals surface area contributed by atoms with E-state index in [4.69, 9.17) is 4.74 Å². The molecule has 0 spiro atoms. The van der Waals surface area contributed by atoms with E-state index in [2.05, 4.69) is 25.6 Å². The van der Waals surface area contributed by atoms with Gasteiger partial charge in [-0.3, -0.25) is 9.78 Å². The van der Waals surface area contributed by atoms with Crippen molar-refractivity contribution in [3.63, 3.8) is 0 Å². The molecule has 0 radical (unpaired) electrons. The molecule has 2 aromatic heterocycles. The van der Waals surface area contributed by atoms with Gasteiger partial charge in [0, 0.05) is 24.3 Å². The first-order valence-corrected chi connectivity index (χ1v) is 9.08. The van der Waals surface area contributed by atoms with Gasteiger partial charge in [-0.25, -0.2) is 9.97 Å². The van der Waals surface area contributed by atoms with Crippen LogP contribution in [0.4, 0.5) is 11.6 Å². The zero-order valence-corrected chi connectivity index (χ0v) is 15.8. The average Bonchev–Trinajstić information content (AvgIpc) is 2.78. The van der Waals surface area contributed by atoms with Gasteiger partial charge in [-0.1, -0.05) is 30.3 Å². The molecule has 0 aliphatic rings.